The summed E-state index contributed by atoms with van der Waals surface area (Å²) < 4.78 is 11.0. The number of amides is 1. The highest BCUT2D eigenvalue weighted by molar-refractivity contribution is 5.92. The zero-order valence-corrected chi connectivity index (χ0v) is 13.2. The summed E-state index contributed by atoms with van der Waals surface area (Å²) >= 11 is 0. The lowest BCUT2D eigenvalue weighted by molar-refractivity contribution is -0.116. The molecule has 0 aliphatic heterocycles. The molecule has 0 heterocycles. The Kier molecular flexibility index (Phi) is 6.72. The van der Waals surface area contributed by atoms with Crippen LogP contribution in [0.2, 0.25) is 0 Å². The minimum absolute atomic E-state index is 0.159. The van der Waals surface area contributed by atoms with E-state index in [9.17, 15) is 4.79 Å². The lowest BCUT2D eigenvalue weighted by Gasteiger charge is -2.07. The second kappa shape index (κ2) is 9.30. The SMILES string of the molecule is CCOc1ccccc1/C=C/C(=O)NCCOc1ccccc1. The summed E-state index contributed by atoms with van der Waals surface area (Å²) in [4.78, 5) is 11.8. The Bertz CT molecular complexity index is 638. The molecule has 4 nitrogen and oxygen atoms in total. The van der Waals surface area contributed by atoms with Crippen molar-refractivity contribution in [3.63, 3.8) is 0 Å². The fourth-order valence-electron chi connectivity index (χ4n) is 1.99. The van der Waals surface area contributed by atoms with E-state index in [1.54, 1.807) is 6.08 Å². The largest absolute Gasteiger partial charge is 0.493 e. The summed E-state index contributed by atoms with van der Waals surface area (Å²) in [6.45, 7) is 3.40. The van der Waals surface area contributed by atoms with Gasteiger partial charge in [0.05, 0.1) is 13.2 Å². The number of benzene rings is 2. The third-order valence-electron chi connectivity index (χ3n) is 3.05. The van der Waals surface area contributed by atoms with Crippen molar-refractivity contribution in [1.29, 1.82) is 0 Å². The standard InChI is InChI=1S/C19H21NO3/c1-2-22-18-11-7-6-8-16(18)12-13-19(21)20-14-15-23-17-9-4-3-5-10-17/h3-13H,2,14-15H2,1H3,(H,20,21)/b13-12+. The molecule has 0 unspecified atom stereocenters. The van der Waals surface area contributed by atoms with Crippen LogP contribution >= 0.6 is 0 Å². The number of carbonyl (C=O) groups is 1. The molecule has 0 atom stereocenters. The van der Waals surface area contributed by atoms with Gasteiger partial charge in [0, 0.05) is 11.6 Å². The maximum Gasteiger partial charge on any atom is 0.244 e. The van der Waals surface area contributed by atoms with Crippen LogP contribution in [0.25, 0.3) is 6.08 Å². The molecule has 2 aromatic rings. The second-order valence-corrected chi connectivity index (χ2v) is 4.76. The molecule has 0 radical (unpaired) electrons. The Balaban J connectivity index is 1.76. The summed E-state index contributed by atoms with van der Waals surface area (Å²) in [7, 11) is 0. The van der Waals surface area contributed by atoms with E-state index in [0.717, 1.165) is 17.1 Å². The second-order valence-electron chi connectivity index (χ2n) is 4.76. The maximum atomic E-state index is 11.8. The van der Waals surface area contributed by atoms with Crippen molar-refractivity contribution in [1.82, 2.24) is 5.32 Å². The highest BCUT2D eigenvalue weighted by Crippen LogP contribution is 2.19. The fourth-order valence-corrected chi connectivity index (χ4v) is 1.99. The first-order chi connectivity index (χ1) is 11.3. The number of hydrogen-bond acceptors (Lipinski definition) is 3. The molecular formula is C19H21NO3. The van der Waals surface area contributed by atoms with Gasteiger partial charge in [0.2, 0.25) is 5.91 Å². The normalized spacial score (nSPS) is 10.5. The molecule has 23 heavy (non-hydrogen) atoms. The van der Waals surface area contributed by atoms with Gasteiger partial charge in [-0.05, 0) is 31.2 Å². The molecule has 0 spiro atoms. The van der Waals surface area contributed by atoms with Crippen molar-refractivity contribution in [3.8, 4) is 11.5 Å². The predicted molar refractivity (Wildman–Crippen MR) is 91.6 cm³/mol. The molecular weight excluding hydrogens is 290 g/mol. The molecule has 0 saturated heterocycles. The molecule has 2 rings (SSSR count). The third-order valence-corrected chi connectivity index (χ3v) is 3.05. The molecule has 0 fully saturated rings. The fraction of sp³-hybridized carbons (Fsp3) is 0.211. The van der Waals surface area contributed by atoms with Gasteiger partial charge in [0.25, 0.3) is 0 Å². The Morgan fingerprint density at radius 2 is 1.78 bits per heavy atom. The molecule has 0 saturated carbocycles. The average molecular weight is 311 g/mol. The Morgan fingerprint density at radius 1 is 1.04 bits per heavy atom. The molecule has 120 valence electrons. The van der Waals surface area contributed by atoms with Crippen LogP contribution < -0.4 is 14.8 Å². The number of nitrogens with one attached hydrogen (secondary N) is 1. The first-order valence-electron chi connectivity index (χ1n) is 7.65. The van der Waals surface area contributed by atoms with Crippen molar-refractivity contribution in [2.75, 3.05) is 19.8 Å². The van der Waals surface area contributed by atoms with E-state index < -0.39 is 0 Å². The van der Waals surface area contributed by atoms with Crippen LogP contribution in [-0.4, -0.2) is 25.7 Å². The molecule has 1 amide bonds. The van der Waals surface area contributed by atoms with Gasteiger partial charge in [-0.1, -0.05) is 36.4 Å². The molecule has 0 aromatic heterocycles. The van der Waals surface area contributed by atoms with Crippen molar-refractivity contribution in [2.24, 2.45) is 0 Å². The number of rotatable bonds is 8. The van der Waals surface area contributed by atoms with Gasteiger partial charge in [0.1, 0.15) is 18.1 Å². The van der Waals surface area contributed by atoms with Crippen LogP contribution in [0.15, 0.2) is 60.7 Å². The molecule has 0 bridgehead atoms. The lowest BCUT2D eigenvalue weighted by atomic mass is 10.2. The highest BCUT2D eigenvalue weighted by atomic mass is 16.5. The average Bonchev–Trinajstić information content (AvgIpc) is 2.59. The molecule has 0 aliphatic carbocycles. The zero-order valence-electron chi connectivity index (χ0n) is 13.2. The number of ether oxygens (including phenoxy) is 2. The monoisotopic (exact) mass is 311 g/mol. The highest BCUT2D eigenvalue weighted by Gasteiger charge is 2.00. The summed E-state index contributed by atoms with van der Waals surface area (Å²) in [6, 6.07) is 17.1. The predicted octanol–water partition coefficient (Wildman–Crippen LogP) is 3.29. The van der Waals surface area contributed by atoms with E-state index in [1.807, 2.05) is 61.5 Å². The summed E-state index contributed by atoms with van der Waals surface area (Å²) in [6.07, 6.45) is 3.25. The van der Waals surface area contributed by atoms with Gasteiger partial charge in [-0.3, -0.25) is 4.79 Å². The van der Waals surface area contributed by atoms with Crippen LogP contribution in [0.5, 0.6) is 11.5 Å². The van der Waals surface area contributed by atoms with Crippen LogP contribution in [0.1, 0.15) is 12.5 Å². The van der Waals surface area contributed by atoms with E-state index in [4.69, 9.17) is 9.47 Å². The number of para-hydroxylation sites is 2. The first kappa shape index (κ1) is 16.6. The van der Waals surface area contributed by atoms with Gasteiger partial charge >= 0.3 is 0 Å². The lowest BCUT2D eigenvalue weighted by Crippen LogP contribution is -2.26. The minimum atomic E-state index is -0.159. The van der Waals surface area contributed by atoms with Crippen molar-refractivity contribution in [2.45, 2.75) is 6.92 Å². The number of hydrogen-bond donors (Lipinski definition) is 1. The summed E-state index contributed by atoms with van der Waals surface area (Å²) in [5, 5.41) is 2.78. The summed E-state index contributed by atoms with van der Waals surface area (Å²) in [5.41, 5.74) is 0.880. The first-order valence-corrected chi connectivity index (χ1v) is 7.65. The van der Waals surface area contributed by atoms with Gasteiger partial charge < -0.3 is 14.8 Å². The number of carbonyl (C=O) groups excluding carboxylic acids is 1. The molecule has 2 aromatic carbocycles. The van der Waals surface area contributed by atoms with Gasteiger partial charge in [-0.25, -0.2) is 0 Å². The molecule has 0 aliphatic rings. The van der Waals surface area contributed by atoms with Crippen LogP contribution in [0.4, 0.5) is 0 Å². The Hall–Kier alpha value is -2.75. The minimum Gasteiger partial charge on any atom is -0.493 e. The summed E-state index contributed by atoms with van der Waals surface area (Å²) in [5.74, 6) is 1.40. The Morgan fingerprint density at radius 3 is 2.57 bits per heavy atom. The van der Waals surface area contributed by atoms with Gasteiger partial charge in [-0.2, -0.15) is 0 Å². The maximum absolute atomic E-state index is 11.8. The van der Waals surface area contributed by atoms with Crippen molar-refractivity contribution in [3.05, 3.63) is 66.2 Å². The van der Waals surface area contributed by atoms with E-state index in [1.165, 1.54) is 6.08 Å². The Labute approximate surface area is 136 Å². The van der Waals surface area contributed by atoms with E-state index >= 15 is 0 Å². The van der Waals surface area contributed by atoms with E-state index in [0.29, 0.717) is 19.8 Å². The molecule has 1 N–H and O–H groups in total. The van der Waals surface area contributed by atoms with Gasteiger partial charge in [0.15, 0.2) is 0 Å². The quantitative estimate of drug-likeness (QED) is 0.601. The smallest absolute Gasteiger partial charge is 0.244 e. The van der Waals surface area contributed by atoms with Crippen LogP contribution in [0, 0.1) is 0 Å². The van der Waals surface area contributed by atoms with Crippen LogP contribution in [0.3, 0.4) is 0 Å². The van der Waals surface area contributed by atoms with E-state index in [-0.39, 0.29) is 5.91 Å². The molecule has 4 heteroatoms. The topological polar surface area (TPSA) is 47.6 Å². The van der Waals surface area contributed by atoms with Gasteiger partial charge in [-0.15, -0.1) is 0 Å². The van der Waals surface area contributed by atoms with Crippen molar-refractivity contribution >= 4 is 12.0 Å². The van der Waals surface area contributed by atoms with E-state index in [2.05, 4.69) is 5.32 Å². The zero-order chi connectivity index (χ0) is 16.3. The van der Waals surface area contributed by atoms with Crippen molar-refractivity contribution < 1.29 is 14.3 Å². The third kappa shape index (κ3) is 5.87. The van der Waals surface area contributed by atoms with Crippen LogP contribution in [-0.2, 0) is 4.79 Å².